The van der Waals surface area contributed by atoms with Crippen LogP contribution in [-0.4, -0.2) is 19.5 Å². The van der Waals surface area contributed by atoms with E-state index in [-0.39, 0.29) is 18.0 Å². The van der Waals surface area contributed by atoms with Gasteiger partial charge in [-0.25, -0.2) is 0 Å². The summed E-state index contributed by atoms with van der Waals surface area (Å²) in [5.41, 5.74) is 1.31. The van der Waals surface area contributed by atoms with Gasteiger partial charge in [-0.3, -0.25) is 4.79 Å². The van der Waals surface area contributed by atoms with E-state index in [2.05, 4.69) is 4.74 Å². The van der Waals surface area contributed by atoms with Gasteiger partial charge in [0.05, 0.1) is 7.11 Å². The second kappa shape index (κ2) is 6.83. The highest BCUT2D eigenvalue weighted by atomic mass is 19.3. The molecule has 0 bridgehead atoms. The van der Waals surface area contributed by atoms with Crippen molar-refractivity contribution in [2.75, 3.05) is 7.11 Å². The highest BCUT2D eigenvalue weighted by Crippen LogP contribution is 2.17. The minimum absolute atomic E-state index is 0.0333. The molecule has 0 N–H and O–H groups in total. The maximum absolute atomic E-state index is 12.1. The molecule has 0 aliphatic heterocycles. The van der Waals surface area contributed by atoms with E-state index in [9.17, 15) is 13.6 Å². The van der Waals surface area contributed by atoms with Crippen LogP contribution in [0.3, 0.4) is 0 Å². The molecule has 0 aliphatic rings. The predicted molar refractivity (Wildman–Crippen MR) is 74.1 cm³/mol. The van der Waals surface area contributed by atoms with Crippen molar-refractivity contribution in [1.29, 1.82) is 0 Å². The van der Waals surface area contributed by atoms with Crippen molar-refractivity contribution in [2.24, 2.45) is 0 Å². The van der Waals surface area contributed by atoms with E-state index >= 15 is 0 Å². The molecule has 0 radical (unpaired) electrons. The van der Waals surface area contributed by atoms with Gasteiger partial charge in [0.15, 0.2) is 5.78 Å². The van der Waals surface area contributed by atoms with Gasteiger partial charge in [-0.1, -0.05) is 12.1 Å². The third-order valence-electron chi connectivity index (χ3n) is 2.93. The van der Waals surface area contributed by atoms with Crippen LogP contribution in [0.25, 0.3) is 0 Å². The van der Waals surface area contributed by atoms with E-state index in [0.717, 1.165) is 11.3 Å². The molecule has 0 amide bonds. The van der Waals surface area contributed by atoms with Gasteiger partial charge < -0.3 is 9.47 Å². The molecule has 0 aromatic heterocycles. The number of carbonyl (C=O) groups is 1. The van der Waals surface area contributed by atoms with Crippen LogP contribution < -0.4 is 9.47 Å². The second-order valence-corrected chi connectivity index (χ2v) is 4.35. The van der Waals surface area contributed by atoms with E-state index < -0.39 is 6.61 Å². The molecule has 2 rings (SSSR count). The van der Waals surface area contributed by atoms with Gasteiger partial charge in [-0.15, -0.1) is 0 Å². The Kier molecular flexibility index (Phi) is 4.87. The number of alkyl halides is 2. The van der Waals surface area contributed by atoms with Gasteiger partial charge in [-0.2, -0.15) is 8.78 Å². The molecular weight excluding hydrogens is 278 g/mol. The third kappa shape index (κ3) is 4.27. The topological polar surface area (TPSA) is 35.5 Å². The average molecular weight is 292 g/mol. The molecule has 0 saturated carbocycles. The van der Waals surface area contributed by atoms with Crippen LogP contribution in [0.1, 0.15) is 15.9 Å². The Morgan fingerprint density at radius 2 is 1.57 bits per heavy atom. The van der Waals surface area contributed by atoms with Crippen molar-refractivity contribution in [1.82, 2.24) is 0 Å². The Bertz CT molecular complexity index is 592. The minimum Gasteiger partial charge on any atom is -0.497 e. The highest BCUT2D eigenvalue weighted by molar-refractivity contribution is 5.97. The normalized spacial score (nSPS) is 10.5. The third-order valence-corrected chi connectivity index (χ3v) is 2.93. The maximum Gasteiger partial charge on any atom is 0.387 e. The number of carbonyl (C=O) groups excluding carboxylic acids is 1. The van der Waals surface area contributed by atoms with Gasteiger partial charge in [0, 0.05) is 12.0 Å². The molecular formula is C16H14F2O3. The number of ketones is 1. The molecule has 21 heavy (non-hydrogen) atoms. The summed E-state index contributed by atoms with van der Waals surface area (Å²) < 4.78 is 33.3. The van der Waals surface area contributed by atoms with E-state index in [1.165, 1.54) is 24.3 Å². The SMILES string of the molecule is COc1ccc(CC(=O)c2ccc(OC(F)F)cc2)cc1. The molecule has 0 heterocycles. The first-order chi connectivity index (χ1) is 10.1. The van der Waals surface area contributed by atoms with Gasteiger partial charge in [-0.05, 0) is 42.0 Å². The standard InChI is InChI=1S/C16H14F2O3/c1-20-13-6-2-11(3-7-13)10-15(19)12-4-8-14(9-5-12)21-16(17)18/h2-9,16H,10H2,1H3. The monoisotopic (exact) mass is 292 g/mol. The average Bonchev–Trinajstić information content (AvgIpc) is 2.48. The number of rotatable bonds is 6. The Morgan fingerprint density at radius 1 is 1.00 bits per heavy atom. The summed E-state index contributed by atoms with van der Waals surface area (Å²) in [7, 11) is 1.57. The minimum atomic E-state index is -2.87. The molecule has 2 aromatic carbocycles. The van der Waals surface area contributed by atoms with E-state index in [4.69, 9.17) is 4.74 Å². The highest BCUT2D eigenvalue weighted by Gasteiger charge is 2.09. The van der Waals surface area contributed by atoms with Gasteiger partial charge in [0.25, 0.3) is 0 Å². The first kappa shape index (κ1) is 15.0. The van der Waals surface area contributed by atoms with Crippen LogP contribution >= 0.6 is 0 Å². The molecule has 3 nitrogen and oxygen atoms in total. The first-order valence-corrected chi connectivity index (χ1v) is 6.29. The lowest BCUT2D eigenvalue weighted by atomic mass is 10.0. The summed E-state index contributed by atoms with van der Waals surface area (Å²) in [5, 5.41) is 0. The predicted octanol–water partition coefficient (Wildman–Crippen LogP) is 3.72. The van der Waals surface area contributed by atoms with Crippen molar-refractivity contribution >= 4 is 5.78 Å². The Balaban J connectivity index is 2.02. The van der Waals surface area contributed by atoms with Gasteiger partial charge in [0.1, 0.15) is 11.5 Å². The number of benzene rings is 2. The fraction of sp³-hybridized carbons (Fsp3) is 0.188. The molecule has 0 saturated heterocycles. The van der Waals surface area contributed by atoms with E-state index in [1.807, 2.05) is 12.1 Å². The Morgan fingerprint density at radius 3 is 2.10 bits per heavy atom. The number of halogens is 2. The summed E-state index contributed by atoms with van der Waals surface area (Å²) in [6.07, 6.45) is 0.235. The molecule has 0 fully saturated rings. The van der Waals surface area contributed by atoms with Crippen molar-refractivity contribution in [3.05, 3.63) is 59.7 Å². The largest absolute Gasteiger partial charge is 0.497 e. The fourth-order valence-corrected chi connectivity index (χ4v) is 1.85. The van der Waals surface area contributed by atoms with Crippen LogP contribution in [0, 0.1) is 0 Å². The number of Topliss-reactive ketones (excluding diaryl/α,β-unsaturated/α-hetero) is 1. The summed E-state index contributed by atoms with van der Waals surface area (Å²) in [6, 6.07) is 12.8. The van der Waals surface area contributed by atoms with Crippen LogP contribution in [0.4, 0.5) is 8.78 Å². The maximum atomic E-state index is 12.1. The molecule has 0 atom stereocenters. The van der Waals surface area contributed by atoms with Crippen LogP contribution in [0.5, 0.6) is 11.5 Å². The van der Waals surface area contributed by atoms with Crippen molar-refractivity contribution in [3.8, 4) is 11.5 Å². The number of methoxy groups -OCH3 is 1. The van der Waals surface area contributed by atoms with E-state index in [1.54, 1.807) is 19.2 Å². The number of ether oxygens (including phenoxy) is 2. The molecule has 5 heteroatoms. The summed E-state index contributed by atoms with van der Waals surface area (Å²) >= 11 is 0. The van der Waals surface area contributed by atoms with Crippen LogP contribution in [0.2, 0.25) is 0 Å². The van der Waals surface area contributed by atoms with Gasteiger partial charge in [0.2, 0.25) is 0 Å². The molecule has 0 spiro atoms. The summed E-state index contributed by atoms with van der Waals surface area (Å²) in [5.74, 6) is 0.662. The van der Waals surface area contributed by atoms with Crippen LogP contribution in [-0.2, 0) is 6.42 Å². The first-order valence-electron chi connectivity index (χ1n) is 6.29. The van der Waals surface area contributed by atoms with Crippen molar-refractivity contribution in [2.45, 2.75) is 13.0 Å². The zero-order valence-electron chi connectivity index (χ0n) is 11.4. The van der Waals surface area contributed by atoms with Gasteiger partial charge >= 0.3 is 6.61 Å². The number of hydrogen-bond acceptors (Lipinski definition) is 3. The molecule has 2 aromatic rings. The lowest BCUT2D eigenvalue weighted by Gasteiger charge is -2.06. The molecule has 0 aliphatic carbocycles. The van der Waals surface area contributed by atoms with Crippen LogP contribution in [0.15, 0.2) is 48.5 Å². The molecule has 110 valence electrons. The van der Waals surface area contributed by atoms with Crippen molar-refractivity contribution < 1.29 is 23.0 Å². The zero-order chi connectivity index (χ0) is 15.2. The smallest absolute Gasteiger partial charge is 0.387 e. The Hall–Kier alpha value is -2.43. The van der Waals surface area contributed by atoms with Crippen molar-refractivity contribution in [3.63, 3.8) is 0 Å². The second-order valence-electron chi connectivity index (χ2n) is 4.35. The quantitative estimate of drug-likeness (QED) is 0.761. The lowest BCUT2D eigenvalue weighted by Crippen LogP contribution is -2.05. The zero-order valence-corrected chi connectivity index (χ0v) is 11.4. The Labute approximate surface area is 121 Å². The van der Waals surface area contributed by atoms with E-state index in [0.29, 0.717) is 5.56 Å². The summed E-state index contributed by atoms with van der Waals surface area (Å²) in [4.78, 5) is 12.1. The summed E-state index contributed by atoms with van der Waals surface area (Å²) in [6.45, 7) is -2.87. The fourth-order valence-electron chi connectivity index (χ4n) is 1.85. The molecule has 0 unspecified atom stereocenters. The number of hydrogen-bond donors (Lipinski definition) is 0. The lowest BCUT2D eigenvalue weighted by molar-refractivity contribution is -0.0498.